The number of rotatable bonds is 8. The third-order valence-corrected chi connectivity index (χ3v) is 3.79. The molecule has 4 heteroatoms. The van der Waals surface area contributed by atoms with Gasteiger partial charge < -0.3 is 5.32 Å². The number of unbranched alkanes of at least 4 members (excludes halogenated alkanes) is 5. The maximum absolute atomic E-state index is 5.83. The molecule has 0 saturated heterocycles. The van der Waals surface area contributed by atoms with E-state index < -0.39 is 0 Å². The number of pyridine rings is 1. The van der Waals surface area contributed by atoms with E-state index in [1.165, 1.54) is 38.5 Å². The minimum atomic E-state index is 0.509. The minimum absolute atomic E-state index is 0.509. The molecule has 0 aliphatic heterocycles. The van der Waals surface area contributed by atoms with Crippen LogP contribution in [-0.4, -0.2) is 11.5 Å². The Bertz CT molecular complexity index is 331. The van der Waals surface area contributed by atoms with Crippen molar-refractivity contribution in [2.45, 2.75) is 45.4 Å². The molecule has 0 fully saturated rings. The van der Waals surface area contributed by atoms with Crippen LogP contribution in [0.1, 0.15) is 45.4 Å². The molecule has 0 atom stereocenters. The van der Waals surface area contributed by atoms with Gasteiger partial charge >= 0.3 is 0 Å². The van der Waals surface area contributed by atoms with Gasteiger partial charge in [-0.3, -0.25) is 0 Å². The van der Waals surface area contributed by atoms with Crippen molar-refractivity contribution in [3.8, 4) is 0 Å². The molecule has 0 bridgehead atoms. The van der Waals surface area contributed by atoms with Crippen LogP contribution in [0.15, 0.2) is 16.7 Å². The summed E-state index contributed by atoms with van der Waals surface area (Å²) < 4.78 is 0.840. The highest BCUT2D eigenvalue weighted by atomic mass is 79.9. The molecule has 17 heavy (non-hydrogen) atoms. The number of anilines is 1. The Morgan fingerprint density at radius 2 is 1.94 bits per heavy atom. The standard InChI is InChI=1S/C13H20BrClN2/c1-2-3-4-5-6-7-8-16-11-9-12(14)13(15)17-10-11/h9-10,16H,2-8H2,1H3. The number of aromatic nitrogens is 1. The lowest BCUT2D eigenvalue weighted by Gasteiger charge is -2.06. The highest BCUT2D eigenvalue weighted by Crippen LogP contribution is 2.22. The molecule has 0 unspecified atom stereocenters. The van der Waals surface area contributed by atoms with E-state index in [1.54, 1.807) is 6.20 Å². The lowest BCUT2D eigenvalue weighted by molar-refractivity contribution is 0.617. The summed E-state index contributed by atoms with van der Waals surface area (Å²) in [4.78, 5) is 4.07. The molecule has 2 nitrogen and oxygen atoms in total. The highest BCUT2D eigenvalue weighted by Gasteiger charge is 1.99. The molecule has 1 heterocycles. The van der Waals surface area contributed by atoms with Crippen LogP contribution in [0.25, 0.3) is 0 Å². The van der Waals surface area contributed by atoms with E-state index in [-0.39, 0.29) is 0 Å². The molecule has 1 aromatic rings. The van der Waals surface area contributed by atoms with Gasteiger partial charge in [0, 0.05) is 6.54 Å². The molecule has 0 aromatic carbocycles. The van der Waals surface area contributed by atoms with Crippen LogP contribution in [-0.2, 0) is 0 Å². The maximum Gasteiger partial charge on any atom is 0.143 e. The first-order valence-electron chi connectivity index (χ1n) is 6.29. The molecule has 0 aliphatic carbocycles. The zero-order chi connectivity index (χ0) is 12.5. The number of hydrogen-bond donors (Lipinski definition) is 1. The molecule has 0 radical (unpaired) electrons. The smallest absolute Gasteiger partial charge is 0.143 e. The van der Waals surface area contributed by atoms with Crippen LogP contribution >= 0.6 is 27.5 Å². The van der Waals surface area contributed by atoms with Crippen molar-refractivity contribution >= 4 is 33.2 Å². The predicted molar refractivity (Wildman–Crippen MR) is 78.8 cm³/mol. The first-order valence-corrected chi connectivity index (χ1v) is 7.46. The maximum atomic E-state index is 5.83. The van der Waals surface area contributed by atoms with Gasteiger partial charge in [-0.05, 0) is 28.4 Å². The molecule has 96 valence electrons. The summed E-state index contributed by atoms with van der Waals surface area (Å²) in [6, 6.07) is 1.96. The van der Waals surface area contributed by atoms with Gasteiger partial charge in [0.25, 0.3) is 0 Å². The van der Waals surface area contributed by atoms with Crippen LogP contribution in [0.4, 0.5) is 5.69 Å². The molecule has 0 aliphatic rings. The van der Waals surface area contributed by atoms with Gasteiger partial charge in [0.2, 0.25) is 0 Å². The first kappa shape index (κ1) is 14.8. The van der Waals surface area contributed by atoms with E-state index >= 15 is 0 Å². The summed E-state index contributed by atoms with van der Waals surface area (Å²) in [5.41, 5.74) is 1.02. The van der Waals surface area contributed by atoms with Crippen LogP contribution < -0.4 is 5.32 Å². The Kier molecular flexibility index (Phi) is 7.62. The fraction of sp³-hybridized carbons (Fsp3) is 0.615. The van der Waals surface area contributed by atoms with Gasteiger partial charge in [0.1, 0.15) is 5.15 Å². The van der Waals surface area contributed by atoms with Crippen molar-refractivity contribution < 1.29 is 0 Å². The molecule has 1 rings (SSSR count). The molecular formula is C13H20BrClN2. The Hall–Kier alpha value is -0.280. The molecule has 0 amide bonds. The van der Waals surface area contributed by atoms with E-state index in [9.17, 15) is 0 Å². The summed E-state index contributed by atoms with van der Waals surface area (Å²) in [5.74, 6) is 0. The van der Waals surface area contributed by atoms with Crippen LogP contribution in [0.3, 0.4) is 0 Å². The van der Waals surface area contributed by atoms with E-state index in [4.69, 9.17) is 11.6 Å². The largest absolute Gasteiger partial charge is 0.384 e. The molecule has 1 aromatic heterocycles. The first-order chi connectivity index (χ1) is 8.24. The summed E-state index contributed by atoms with van der Waals surface area (Å²) in [7, 11) is 0. The van der Waals surface area contributed by atoms with Crippen molar-refractivity contribution in [2.75, 3.05) is 11.9 Å². The highest BCUT2D eigenvalue weighted by molar-refractivity contribution is 9.10. The summed E-state index contributed by atoms with van der Waals surface area (Å²) in [5, 5.41) is 3.86. The van der Waals surface area contributed by atoms with Crippen molar-refractivity contribution in [3.63, 3.8) is 0 Å². The Morgan fingerprint density at radius 3 is 2.65 bits per heavy atom. The molecule has 1 N–H and O–H groups in total. The van der Waals surface area contributed by atoms with E-state index in [1.807, 2.05) is 6.07 Å². The predicted octanol–water partition coefficient (Wildman–Crippen LogP) is 5.27. The van der Waals surface area contributed by atoms with Gasteiger partial charge in [-0.2, -0.15) is 0 Å². The fourth-order valence-electron chi connectivity index (χ4n) is 1.66. The number of nitrogens with one attached hydrogen (secondary N) is 1. The third kappa shape index (κ3) is 6.27. The average molecular weight is 320 g/mol. The Morgan fingerprint density at radius 1 is 1.24 bits per heavy atom. The van der Waals surface area contributed by atoms with Crippen molar-refractivity contribution in [1.29, 1.82) is 0 Å². The van der Waals surface area contributed by atoms with Gasteiger partial charge in [-0.25, -0.2) is 4.98 Å². The average Bonchev–Trinajstić information content (AvgIpc) is 2.32. The van der Waals surface area contributed by atoms with Gasteiger partial charge in [0.05, 0.1) is 16.4 Å². The second kappa shape index (κ2) is 8.76. The normalized spacial score (nSPS) is 10.5. The zero-order valence-corrected chi connectivity index (χ0v) is 12.6. The van der Waals surface area contributed by atoms with Gasteiger partial charge in [-0.1, -0.05) is 50.6 Å². The van der Waals surface area contributed by atoms with Crippen LogP contribution in [0.2, 0.25) is 5.15 Å². The fourth-order valence-corrected chi connectivity index (χ4v) is 2.11. The van der Waals surface area contributed by atoms with Gasteiger partial charge in [-0.15, -0.1) is 0 Å². The van der Waals surface area contributed by atoms with E-state index in [2.05, 4.69) is 33.2 Å². The lowest BCUT2D eigenvalue weighted by atomic mass is 10.1. The molecular weight excluding hydrogens is 300 g/mol. The molecule has 0 saturated carbocycles. The quantitative estimate of drug-likeness (QED) is 0.521. The number of halogens is 2. The third-order valence-electron chi connectivity index (χ3n) is 2.66. The monoisotopic (exact) mass is 318 g/mol. The van der Waals surface area contributed by atoms with Crippen LogP contribution in [0, 0.1) is 0 Å². The topological polar surface area (TPSA) is 24.9 Å². The number of nitrogens with zero attached hydrogens (tertiary/aromatic N) is 1. The van der Waals surface area contributed by atoms with Crippen molar-refractivity contribution in [1.82, 2.24) is 4.98 Å². The Labute approximate surface area is 117 Å². The van der Waals surface area contributed by atoms with Crippen molar-refractivity contribution in [2.24, 2.45) is 0 Å². The van der Waals surface area contributed by atoms with E-state index in [0.717, 1.165) is 16.7 Å². The van der Waals surface area contributed by atoms with Crippen molar-refractivity contribution in [3.05, 3.63) is 21.9 Å². The lowest BCUT2D eigenvalue weighted by Crippen LogP contribution is -2.01. The van der Waals surface area contributed by atoms with Crippen LogP contribution in [0.5, 0.6) is 0 Å². The second-order valence-corrected chi connectivity index (χ2v) is 5.40. The van der Waals surface area contributed by atoms with Gasteiger partial charge in [0.15, 0.2) is 0 Å². The zero-order valence-electron chi connectivity index (χ0n) is 10.3. The number of hydrogen-bond acceptors (Lipinski definition) is 2. The van der Waals surface area contributed by atoms with E-state index in [0.29, 0.717) is 5.15 Å². The molecule has 0 spiro atoms. The Balaban J connectivity index is 2.11. The summed E-state index contributed by atoms with van der Waals surface area (Å²) in [6.45, 7) is 3.24. The minimum Gasteiger partial charge on any atom is -0.384 e. The summed E-state index contributed by atoms with van der Waals surface area (Å²) >= 11 is 9.19. The summed E-state index contributed by atoms with van der Waals surface area (Å²) in [6.07, 6.45) is 9.66. The SMILES string of the molecule is CCCCCCCCNc1cnc(Cl)c(Br)c1. The second-order valence-electron chi connectivity index (χ2n) is 4.19.